The predicted molar refractivity (Wildman–Crippen MR) is 213 cm³/mol. The lowest BCUT2D eigenvalue weighted by Gasteiger charge is -2.53. The SMILES string of the molecule is CCCc1cc(Cl)ccc1[C@@H]1COc2ccc3cc2N(C1)C[C@@H]1CC[C@H]1[C@@](CN1CCN2CCCC[C@@H]2C1)(OC)/C=C/C[C@H](C)[C@@H](C)S(=O)(=O)NC3=O. The summed E-state index contributed by atoms with van der Waals surface area (Å²) in [6, 6.07) is 12.2. The number of sulfonamides is 1. The number of aryl methyl sites for hydroxylation is 1. The molecule has 9 nitrogen and oxygen atoms in total. The first-order valence-electron chi connectivity index (χ1n) is 20.1. The fourth-order valence-electron chi connectivity index (χ4n) is 9.72. The van der Waals surface area contributed by atoms with Crippen molar-refractivity contribution in [3.63, 3.8) is 0 Å². The summed E-state index contributed by atoms with van der Waals surface area (Å²) in [5.74, 6) is 0.590. The van der Waals surface area contributed by atoms with Gasteiger partial charge in [0, 0.05) is 68.9 Å². The molecule has 290 valence electrons. The van der Waals surface area contributed by atoms with Crippen molar-refractivity contribution < 1.29 is 22.7 Å². The second-order valence-corrected chi connectivity index (χ2v) is 19.0. The van der Waals surface area contributed by atoms with Crippen molar-refractivity contribution in [3.8, 4) is 5.75 Å². The number of methoxy groups -OCH3 is 1. The van der Waals surface area contributed by atoms with E-state index in [0.29, 0.717) is 42.8 Å². The number of halogens is 1. The van der Waals surface area contributed by atoms with Crippen LogP contribution in [0, 0.1) is 17.8 Å². The van der Waals surface area contributed by atoms with Gasteiger partial charge in [-0.25, -0.2) is 13.1 Å². The molecule has 1 aliphatic carbocycles. The number of anilines is 1. The molecule has 1 saturated carbocycles. The molecular formula is C42H59ClN4O5S. The number of fused-ring (bicyclic) bond motifs is 3. The zero-order valence-corrected chi connectivity index (χ0v) is 33.6. The Hall–Kier alpha value is -2.63. The molecule has 4 heterocycles. The Morgan fingerprint density at radius 1 is 1.02 bits per heavy atom. The Morgan fingerprint density at radius 2 is 1.87 bits per heavy atom. The lowest BCUT2D eigenvalue weighted by molar-refractivity contribution is -0.1000. The van der Waals surface area contributed by atoms with Crippen LogP contribution < -0.4 is 14.4 Å². The number of hydrogen-bond acceptors (Lipinski definition) is 8. The van der Waals surface area contributed by atoms with Gasteiger partial charge in [-0.15, -0.1) is 0 Å². The highest BCUT2D eigenvalue weighted by Crippen LogP contribution is 2.47. The van der Waals surface area contributed by atoms with Gasteiger partial charge in [-0.2, -0.15) is 0 Å². The van der Waals surface area contributed by atoms with Crippen LogP contribution in [0.4, 0.5) is 5.69 Å². The minimum atomic E-state index is -3.95. The zero-order valence-electron chi connectivity index (χ0n) is 32.1. The van der Waals surface area contributed by atoms with Crippen molar-refractivity contribution in [2.75, 3.05) is 64.4 Å². The summed E-state index contributed by atoms with van der Waals surface area (Å²) < 4.78 is 42.9. The number of allylic oxidation sites excluding steroid dienone is 1. The van der Waals surface area contributed by atoms with E-state index < -0.39 is 26.8 Å². The van der Waals surface area contributed by atoms with E-state index in [2.05, 4.69) is 50.6 Å². The molecule has 3 fully saturated rings. The monoisotopic (exact) mass is 766 g/mol. The molecule has 2 aromatic carbocycles. The van der Waals surface area contributed by atoms with Gasteiger partial charge < -0.3 is 14.4 Å². The summed E-state index contributed by atoms with van der Waals surface area (Å²) in [5.41, 5.74) is 3.11. The van der Waals surface area contributed by atoms with Gasteiger partial charge in [-0.05, 0) is 111 Å². The largest absolute Gasteiger partial charge is 0.491 e. The topological polar surface area (TPSA) is 91.4 Å². The molecule has 53 heavy (non-hydrogen) atoms. The standard InChI is InChI=1S/C42H59ClN4O5S/c1-5-9-31-22-35(43)14-15-37(31)34-25-47-24-33-12-16-38(33)42(51-4,28-45-20-21-46-19-7-6-11-36(46)26-45)18-8-10-29(2)30(3)53(49,50)44-41(48)32-13-17-40(52-27-34)39(47)23-32/h8,13-15,17-18,22-23,29-30,33-34,36,38H,5-7,9-12,16,19-21,24-28H2,1-4H3,(H,44,48)/b18-8+/t29-,30+,33-,34-,36+,38+,42+/m0/s1. The fourth-order valence-corrected chi connectivity index (χ4v) is 11.2. The molecule has 4 aliphatic heterocycles. The van der Waals surface area contributed by atoms with Crippen molar-refractivity contribution in [3.05, 3.63) is 70.3 Å². The van der Waals surface area contributed by atoms with E-state index in [0.717, 1.165) is 69.1 Å². The molecule has 11 heteroatoms. The maximum absolute atomic E-state index is 13.6. The molecular weight excluding hydrogens is 708 g/mol. The summed E-state index contributed by atoms with van der Waals surface area (Å²) in [5, 5.41) is -0.0320. The van der Waals surface area contributed by atoms with Crippen LogP contribution in [0.3, 0.4) is 0 Å². The Bertz CT molecular complexity index is 1770. The van der Waals surface area contributed by atoms with Crippen LogP contribution in [0.2, 0.25) is 5.02 Å². The lowest BCUT2D eigenvalue weighted by atomic mass is 9.63. The maximum Gasteiger partial charge on any atom is 0.264 e. The number of carbonyl (C=O) groups is 1. The Kier molecular flexibility index (Phi) is 11.8. The van der Waals surface area contributed by atoms with E-state index in [9.17, 15) is 13.2 Å². The molecule has 0 unspecified atom stereocenters. The minimum Gasteiger partial charge on any atom is -0.491 e. The number of nitrogens with zero attached hydrogens (tertiary/aromatic N) is 3. The number of nitrogens with one attached hydrogen (secondary N) is 1. The molecule has 2 aromatic rings. The summed E-state index contributed by atoms with van der Waals surface area (Å²) in [4.78, 5) is 21.3. The number of benzene rings is 2. The van der Waals surface area contributed by atoms with Gasteiger partial charge in [0.15, 0.2) is 0 Å². The minimum absolute atomic E-state index is 0.0733. The van der Waals surface area contributed by atoms with Gasteiger partial charge in [-0.1, -0.05) is 56.5 Å². The van der Waals surface area contributed by atoms with E-state index in [1.165, 1.54) is 36.9 Å². The maximum atomic E-state index is 13.6. The van der Waals surface area contributed by atoms with Crippen LogP contribution in [-0.4, -0.2) is 101 Å². The number of piperidine rings is 1. The molecule has 5 aliphatic rings. The highest BCUT2D eigenvalue weighted by Gasteiger charge is 2.49. The van der Waals surface area contributed by atoms with Crippen molar-refractivity contribution in [2.24, 2.45) is 17.8 Å². The molecule has 0 aromatic heterocycles. The second kappa shape index (κ2) is 16.2. The van der Waals surface area contributed by atoms with E-state index in [4.69, 9.17) is 21.1 Å². The third kappa shape index (κ3) is 8.18. The predicted octanol–water partition coefficient (Wildman–Crippen LogP) is 6.90. The van der Waals surface area contributed by atoms with Crippen LogP contribution >= 0.6 is 11.6 Å². The van der Waals surface area contributed by atoms with Gasteiger partial charge in [0.05, 0.1) is 17.5 Å². The number of rotatable bonds is 6. The molecule has 0 radical (unpaired) electrons. The van der Waals surface area contributed by atoms with Crippen molar-refractivity contribution in [2.45, 2.75) is 94.9 Å². The average Bonchev–Trinajstić information content (AvgIpc) is 3.31. The normalized spacial score (nSPS) is 33.0. The highest BCUT2D eigenvalue weighted by molar-refractivity contribution is 7.90. The van der Waals surface area contributed by atoms with Crippen molar-refractivity contribution in [1.29, 1.82) is 0 Å². The number of hydrogen-bond donors (Lipinski definition) is 1. The van der Waals surface area contributed by atoms with Gasteiger partial charge in [0.2, 0.25) is 10.0 Å². The number of amides is 1. The zero-order chi connectivity index (χ0) is 37.3. The summed E-state index contributed by atoms with van der Waals surface area (Å²) in [7, 11) is -2.08. The van der Waals surface area contributed by atoms with Crippen LogP contribution in [-0.2, 0) is 21.2 Å². The van der Waals surface area contributed by atoms with Crippen LogP contribution in [0.5, 0.6) is 5.75 Å². The van der Waals surface area contributed by atoms with Gasteiger partial charge >= 0.3 is 0 Å². The lowest BCUT2D eigenvalue weighted by Crippen LogP contribution is -2.61. The molecule has 1 N–H and O–H groups in total. The smallest absolute Gasteiger partial charge is 0.264 e. The molecule has 1 amide bonds. The van der Waals surface area contributed by atoms with Crippen LogP contribution in [0.1, 0.15) is 93.1 Å². The number of piperazine rings is 1. The number of carbonyl (C=O) groups excluding carboxylic acids is 1. The molecule has 7 atom stereocenters. The van der Waals surface area contributed by atoms with Gasteiger partial charge in [-0.3, -0.25) is 14.6 Å². The summed E-state index contributed by atoms with van der Waals surface area (Å²) >= 11 is 6.50. The van der Waals surface area contributed by atoms with Gasteiger partial charge in [0.1, 0.15) is 11.4 Å². The molecule has 0 spiro atoms. The van der Waals surface area contributed by atoms with Crippen LogP contribution in [0.25, 0.3) is 0 Å². The first-order chi connectivity index (χ1) is 25.5. The van der Waals surface area contributed by atoms with E-state index in [-0.39, 0.29) is 17.8 Å². The highest BCUT2D eigenvalue weighted by atomic mass is 35.5. The first-order valence-corrected chi connectivity index (χ1v) is 22.0. The quantitative estimate of drug-likeness (QED) is 0.318. The Labute approximate surface area is 322 Å². The number of ether oxygens (including phenoxy) is 2. The van der Waals surface area contributed by atoms with Crippen LogP contribution in [0.15, 0.2) is 48.6 Å². The second-order valence-electron chi connectivity index (χ2n) is 16.5. The molecule has 2 bridgehead atoms. The Morgan fingerprint density at radius 3 is 2.64 bits per heavy atom. The van der Waals surface area contributed by atoms with E-state index in [1.807, 2.05) is 32.2 Å². The summed E-state index contributed by atoms with van der Waals surface area (Å²) in [6.07, 6.45) is 13.0. The fraction of sp³-hybridized carbons (Fsp3) is 0.643. The molecule has 2 saturated heterocycles. The van der Waals surface area contributed by atoms with Crippen molar-refractivity contribution in [1.82, 2.24) is 14.5 Å². The average molecular weight is 767 g/mol. The van der Waals surface area contributed by atoms with Crippen molar-refractivity contribution >= 4 is 33.2 Å². The first kappa shape index (κ1) is 38.6. The Balaban J connectivity index is 1.27. The summed E-state index contributed by atoms with van der Waals surface area (Å²) in [6.45, 7) is 13.0. The molecule has 7 rings (SSSR count). The van der Waals surface area contributed by atoms with E-state index in [1.54, 1.807) is 13.0 Å². The third-order valence-electron chi connectivity index (χ3n) is 13.2. The van der Waals surface area contributed by atoms with Gasteiger partial charge in [0.25, 0.3) is 5.91 Å². The third-order valence-corrected chi connectivity index (χ3v) is 15.4. The van der Waals surface area contributed by atoms with E-state index >= 15 is 0 Å².